The van der Waals surface area contributed by atoms with Crippen molar-refractivity contribution in [3.05, 3.63) is 23.6 Å². The zero-order valence-electron chi connectivity index (χ0n) is 5.40. The normalized spacial score (nSPS) is 10.6. The van der Waals surface area contributed by atoms with E-state index in [1.165, 1.54) is 16.8 Å². The molecule has 4 nitrogen and oxygen atoms in total. The van der Waals surface area contributed by atoms with Crippen LogP contribution in [0.3, 0.4) is 0 Å². The van der Waals surface area contributed by atoms with Gasteiger partial charge in [-0.15, -0.1) is 0 Å². The molecule has 0 aliphatic rings. The number of halogens is 1. The molecule has 0 radical (unpaired) electrons. The summed E-state index contributed by atoms with van der Waals surface area (Å²) >= 11 is 5.63. The molecule has 0 saturated carbocycles. The zero-order chi connectivity index (χ0) is 7.84. The van der Waals surface area contributed by atoms with Crippen molar-refractivity contribution in [1.29, 1.82) is 0 Å². The van der Waals surface area contributed by atoms with E-state index in [2.05, 4.69) is 9.97 Å². The fourth-order valence-electron chi connectivity index (χ4n) is 0.838. The van der Waals surface area contributed by atoms with E-state index in [1.807, 2.05) is 0 Å². The molecule has 0 aliphatic heterocycles. The van der Waals surface area contributed by atoms with Crippen molar-refractivity contribution in [2.75, 3.05) is 0 Å². The van der Waals surface area contributed by atoms with Gasteiger partial charge in [0.05, 0.1) is 17.4 Å². The van der Waals surface area contributed by atoms with E-state index in [0.29, 0.717) is 10.8 Å². The van der Waals surface area contributed by atoms with Crippen LogP contribution < -0.4 is 0 Å². The lowest BCUT2D eigenvalue weighted by Crippen LogP contribution is -1.86. The first kappa shape index (κ1) is 6.42. The summed E-state index contributed by atoms with van der Waals surface area (Å²) in [6.07, 6.45) is 4.34. The van der Waals surface area contributed by atoms with Crippen LogP contribution in [-0.4, -0.2) is 19.5 Å². The van der Waals surface area contributed by atoms with Crippen LogP contribution >= 0.6 is 11.6 Å². The van der Waals surface area contributed by atoms with Gasteiger partial charge < -0.3 is 5.11 Å². The van der Waals surface area contributed by atoms with Crippen molar-refractivity contribution in [2.24, 2.45) is 0 Å². The highest BCUT2D eigenvalue weighted by atomic mass is 35.5. The maximum absolute atomic E-state index is 9.14. The van der Waals surface area contributed by atoms with E-state index >= 15 is 0 Å². The average molecular weight is 170 g/mol. The van der Waals surface area contributed by atoms with E-state index in [0.717, 1.165) is 0 Å². The second-order valence-electron chi connectivity index (χ2n) is 2.06. The van der Waals surface area contributed by atoms with Crippen LogP contribution in [0.5, 0.6) is 5.88 Å². The fourth-order valence-corrected chi connectivity index (χ4v) is 0.984. The lowest BCUT2D eigenvalue weighted by Gasteiger charge is -1.93. The quantitative estimate of drug-likeness (QED) is 0.642. The van der Waals surface area contributed by atoms with E-state index < -0.39 is 0 Å². The number of aromatic nitrogens is 3. The number of nitrogens with zero attached hydrogens (tertiary/aromatic N) is 3. The third-order valence-corrected chi connectivity index (χ3v) is 1.51. The number of hydrogen-bond donors (Lipinski definition) is 1. The van der Waals surface area contributed by atoms with Crippen molar-refractivity contribution >= 4 is 17.4 Å². The minimum atomic E-state index is 0.0370. The first-order chi connectivity index (χ1) is 5.27. The molecule has 0 saturated heterocycles. The summed E-state index contributed by atoms with van der Waals surface area (Å²) in [4.78, 5) is 7.66. The summed E-state index contributed by atoms with van der Waals surface area (Å²) in [5.41, 5.74) is 0. The van der Waals surface area contributed by atoms with Crippen molar-refractivity contribution in [1.82, 2.24) is 14.4 Å². The maximum atomic E-state index is 9.14. The van der Waals surface area contributed by atoms with Gasteiger partial charge in [0, 0.05) is 6.20 Å². The molecule has 0 unspecified atom stereocenters. The molecular weight excluding hydrogens is 166 g/mol. The smallest absolute Gasteiger partial charge is 0.236 e. The van der Waals surface area contributed by atoms with Crippen LogP contribution in [0.1, 0.15) is 0 Å². The Hall–Kier alpha value is -1.29. The van der Waals surface area contributed by atoms with Gasteiger partial charge in [-0.05, 0) is 0 Å². The van der Waals surface area contributed by atoms with Crippen molar-refractivity contribution in [3.63, 3.8) is 0 Å². The van der Waals surface area contributed by atoms with E-state index in [1.54, 1.807) is 6.20 Å². The third kappa shape index (κ3) is 0.914. The van der Waals surface area contributed by atoms with E-state index in [9.17, 15) is 0 Å². The van der Waals surface area contributed by atoms with E-state index in [-0.39, 0.29) is 5.88 Å². The zero-order valence-corrected chi connectivity index (χ0v) is 6.15. The molecule has 2 aromatic heterocycles. The Bertz CT molecular complexity index is 398. The first-order valence-electron chi connectivity index (χ1n) is 2.95. The van der Waals surface area contributed by atoms with Gasteiger partial charge in [-0.1, -0.05) is 11.6 Å². The molecule has 0 atom stereocenters. The highest BCUT2D eigenvalue weighted by molar-refractivity contribution is 6.30. The number of fused-ring (bicyclic) bond motifs is 1. The van der Waals surface area contributed by atoms with Gasteiger partial charge in [0.15, 0.2) is 0 Å². The van der Waals surface area contributed by atoms with Gasteiger partial charge in [-0.3, -0.25) is 4.40 Å². The van der Waals surface area contributed by atoms with Gasteiger partial charge in [0.25, 0.3) is 0 Å². The van der Waals surface area contributed by atoms with Crippen molar-refractivity contribution < 1.29 is 5.11 Å². The summed E-state index contributed by atoms with van der Waals surface area (Å²) in [5.74, 6) is 0.474. The molecule has 0 amide bonds. The molecule has 0 aromatic carbocycles. The molecule has 0 aliphatic carbocycles. The predicted octanol–water partition coefficient (Wildman–Crippen LogP) is 1.09. The number of hydrogen-bond acceptors (Lipinski definition) is 3. The Morgan fingerprint density at radius 3 is 2.91 bits per heavy atom. The largest absolute Gasteiger partial charge is 0.493 e. The van der Waals surface area contributed by atoms with Crippen LogP contribution in [0.4, 0.5) is 0 Å². The minimum absolute atomic E-state index is 0.0370. The molecule has 0 bridgehead atoms. The Morgan fingerprint density at radius 1 is 1.36 bits per heavy atom. The highest BCUT2D eigenvalue weighted by Crippen LogP contribution is 2.13. The summed E-state index contributed by atoms with van der Waals surface area (Å²) in [7, 11) is 0. The van der Waals surface area contributed by atoms with Crippen molar-refractivity contribution in [3.8, 4) is 5.88 Å². The van der Waals surface area contributed by atoms with Crippen LogP contribution in [0.15, 0.2) is 18.6 Å². The Morgan fingerprint density at radius 2 is 2.09 bits per heavy atom. The third-order valence-electron chi connectivity index (χ3n) is 1.31. The summed E-state index contributed by atoms with van der Waals surface area (Å²) in [6.45, 7) is 0. The van der Waals surface area contributed by atoms with Crippen LogP contribution in [0.2, 0.25) is 5.02 Å². The van der Waals surface area contributed by atoms with Gasteiger partial charge in [0.1, 0.15) is 0 Å². The van der Waals surface area contributed by atoms with Gasteiger partial charge in [0.2, 0.25) is 11.7 Å². The molecule has 2 rings (SSSR count). The monoisotopic (exact) mass is 169 g/mol. The maximum Gasteiger partial charge on any atom is 0.236 e. The van der Waals surface area contributed by atoms with Crippen LogP contribution in [0.25, 0.3) is 5.78 Å². The predicted molar refractivity (Wildman–Crippen MR) is 39.7 cm³/mol. The standard InChI is InChI=1S/C6H4ClN3O/c7-4-1-8-6-9-2-5(11)10(6)3-4/h1-3,11H. The molecule has 1 N–H and O–H groups in total. The molecule has 11 heavy (non-hydrogen) atoms. The van der Waals surface area contributed by atoms with E-state index in [4.69, 9.17) is 16.7 Å². The SMILES string of the molecule is Oc1cnc2ncc(Cl)cn12. The topological polar surface area (TPSA) is 50.4 Å². The van der Waals surface area contributed by atoms with Crippen LogP contribution in [0, 0.1) is 0 Å². The molecule has 0 fully saturated rings. The van der Waals surface area contributed by atoms with Crippen molar-refractivity contribution in [2.45, 2.75) is 0 Å². The number of rotatable bonds is 0. The molecule has 56 valence electrons. The molecule has 2 aromatic rings. The molecule has 2 heterocycles. The molecule has 0 spiro atoms. The Kier molecular flexibility index (Phi) is 1.22. The van der Waals surface area contributed by atoms with Crippen LogP contribution in [-0.2, 0) is 0 Å². The van der Waals surface area contributed by atoms with Gasteiger partial charge in [-0.25, -0.2) is 9.97 Å². The summed E-state index contributed by atoms with van der Waals surface area (Å²) in [6, 6.07) is 0. The molecule has 5 heteroatoms. The number of aromatic hydroxyl groups is 1. The Balaban J connectivity index is 2.87. The Labute approximate surface area is 67.1 Å². The molecular formula is C6H4ClN3O. The lowest BCUT2D eigenvalue weighted by molar-refractivity contribution is 0.448. The van der Waals surface area contributed by atoms with Gasteiger partial charge in [-0.2, -0.15) is 0 Å². The second-order valence-corrected chi connectivity index (χ2v) is 2.50. The minimum Gasteiger partial charge on any atom is -0.493 e. The second kappa shape index (κ2) is 2.10. The van der Waals surface area contributed by atoms with Gasteiger partial charge >= 0.3 is 0 Å². The summed E-state index contributed by atoms with van der Waals surface area (Å²) in [5, 5.41) is 9.60. The fraction of sp³-hybridized carbons (Fsp3) is 0. The average Bonchev–Trinajstić information content (AvgIpc) is 2.33. The lowest BCUT2D eigenvalue weighted by atomic mass is 10.6. The summed E-state index contributed by atoms with van der Waals surface area (Å²) < 4.78 is 1.41. The highest BCUT2D eigenvalue weighted by Gasteiger charge is 2.00. The number of imidazole rings is 1. The first-order valence-corrected chi connectivity index (χ1v) is 3.33.